The predicted molar refractivity (Wildman–Crippen MR) is 62.6 cm³/mol. The Morgan fingerprint density at radius 3 is 2.71 bits per heavy atom. The molecule has 2 heteroatoms. The van der Waals surface area contributed by atoms with Gasteiger partial charge in [-0.05, 0) is 26.8 Å². The molecule has 0 spiro atoms. The van der Waals surface area contributed by atoms with Crippen molar-refractivity contribution in [2.75, 3.05) is 19.6 Å². The second-order valence-electron chi connectivity index (χ2n) is 4.71. The average molecular weight is 198 g/mol. The van der Waals surface area contributed by atoms with Crippen molar-refractivity contribution < 1.29 is 0 Å². The largest absolute Gasteiger partial charge is 0.311 e. The molecule has 0 aromatic heterocycles. The zero-order valence-corrected chi connectivity index (χ0v) is 10.1. The first-order valence-electron chi connectivity index (χ1n) is 6.21. The van der Waals surface area contributed by atoms with Crippen molar-refractivity contribution in [2.24, 2.45) is 0 Å². The Morgan fingerprint density at radius 2 is 2.00 bits per heavy atom. The minimum Gasteiger partial charge on any atom is -0.311 e. The molecule has 1 aliphatic rings. The lowest BCUT2D eigenvalue weighted by Crippen LogP contribution is -2.54. The highest BCUT2D eigenvalue weighted by atomic mass is 15.2. The minimum absolute atomic E-state index is 0.678. The standard InChI is InChI=1S/C12H26N2/c1-4-5-6-7-8-14-10-11(2)13-9-12(14)3/h11-13H,4-10H2,1-3H3. The lowest BCUT2D eigenvalue weighted by molar-refractivity contribution is 0.144. The maximum Gasteiger partial charge on any atom is 0.0193 e. The van der Waals surface area contributed by atoms with Crippen LogP contribution in [-0.4, -0.2) is 36.6 Å². The van der Waals surface area contributed by atoms with E-state index in [1.165, 1.54) is 38.8 Å². The second kappa shape index (κ2) is 6.41. The van der Waals surface area contributed by atoms with E-state index in [4.69, 9.17) is 0 Å². The summed E-state index contributed by atoms with van der Waals surface area (Å²) in [6.07, 6.45) is 5.52. The molecule has 0 aliphatic carbocycles. The molecule has 0 aromatic carbocycles. The summed E-state index contributed by atoms with van der Waals surface area (Å²) in [5.41, 5.74) is 0. The summed E-state index contributed by atoms with van der Waals surface area (Å²) in [7, 11) is 0. The van der Waals surface area contributed by atoms with E-state index >= 15 is 0 Å². The Hall–Kier alpha value is -0.0800. The van der Waals surface area contributed by atoms with E-state index < -0.39 is 0 Å². The van der Waals surface area contributed by atoms with Gasteiger partial charge in [0.1, 0.15) is 0 Å². The quantitative estimate of drug-likeness (QED) is 0.682. The molecular formula is C12H26N2. The molecule has 1 heterocycles. The summed E-state index contributed by atoms with van der Waals surface area (Å²) in [5, 5.41) is 3.52. The maximum absolute atomic E-state index is 3.52. The molecule has 0 bridgehead atoms. The third kappa shape index (κ3) is 3.97. The Morgan fingerprint density at radius 1 is 1.21 bits per heavy atom. The lowest BCUT2D eigenvalue weighted by Gasteiger charge is -2.37. The Labute approximate surface area is 89.1 Å². The van der Waals surface area contributed by atoms with Crippen molar-refractivity contribution >= 4 is 0 Å². The van der Waals surface area contributed by atoms with Crippen molar-refractivity contribution in [1.82, 2.24) is 10.2 Å². The van der Waals surface area contributed by atoms with E-state index in [2.05, 4.69) is 31.0 Å². The molecule has 1 rings (SSSR count). The van der Waals surface area contributed by atoms with Crippen LogP contribution in [0.3, 0.4) is 0 Å². The molecule has 0 radical (unpaired) electrons. The van der Waals surface area contributed by atoms with Gasteiger partial charge in [0.05, 0.1) is 0 Å². The fourth-order valence-corrected chi connectivity index (χ4v) is 2.15. The van der Waals surface area contributed by atoms with Gasteiger partial charge < -0.3 is 5.32 Å². The predicted octanol–water partition coefficient (Wildman–Crippen LogP) is 2.25. The van der Waals surface area contributed by atoms with Gasteiger partial charge in [0.25, 0.3) is 0 Å². The van der Waals surface area contributed by atoms with Crippen molar-refractivity contribution in [3.63, 3.8) is 0 Å². The van der Waals surface area contributed by atoms with Crippen LogP contribution in [0, 0.1) is 0 Å². The zero-order chi connectivity index (χ0) is 10.4. The van der Waals surface area contributed by atoms with Crippen LogP contribution in [0.4, 0.5) is 0 Å². The Kier molecular flexibility index (Phi) is 5.49. The molecule has 1 N–H and O–H groups in total. The van der Waals surface area contributed by atoms with E-state index in [1.807, 2.05) is 0 Å². The van der Waals surface area contributed by atoms with Gasteiger partial charge in [0, 0.05) is 25.2 Å². The number of hydrogen-bond acceptors (Lipinski definition) is 2. The highest BCUT2D eigenvalue weighted by Gasteiger charge is 2.21. The maximum atomic E-state index is 3.52. The third-order valence-corrected chi connectivity index (χ3v) is 3.19. The van der Waals surface area contributed by atoms with Gasteiger partial charge in [-0.15, -0.1) is 0 Å². The topological polar surface area (TPSA) is 15.3 Å². The van der Waals surface area contributed by atoms with Gasteiger partial charge >= 0.3 is 0 Å². The van der Waals surface area contributed by atoms with Crippen molar-refractivity contribution in [3.05, 3.63) is 0 Å². The van der Waals surface area contributed by atoms with Crippen molar-refractivity contribution in [3.8, 4) is 0 Å². The van der Waals surface area contributed by atoms with Gasteiger partial charge in [-0.2, -0.15) is 0 Å². The van der Waals surface area contributed by atoms with Gasteiger partial charge in [-0.3, -0.25) is 4.90 Å². The van der Waals surface area contributed by atoms with Crippen molar-refractivity contribution in [1.29, 1.82) is 0 Å². The molecule has 2 unspecified atom stereocenters. The number of nitrogens with zero attached hydrogens (tertiary/aromatic N) is 1. The number of piperazine rings is 1. The summed E-state index contributed by atoms with van der Waals surface area (Å²) < 4.78 is 0. The van der Waals surface area contributed by atoms with Crippen LogP contribution >= 0.6 is 0 Å². The fourth-order valence-electron chi connectivity index (χ4n) is 2.15. The van der Waals surface area contributed by atoms with Crippen LogP contribution in [0.15, 0.2) is 0 Å². The first-order chi connectivity index (χ1) is 6.74. The number of rotatable bonds is 5. The highest BCUT2D eigenvalue weighted by Crippen LogP contribution is 2.09. The first kappa shape index (κ1) is 12.0. The Balaban J connectivity index is 2.14. The first-order valence-corrected chi connectivity index (χ1v) is 6.21. The van der Waals surface area contributed by atoms with Crippen LogP contribution in [0.25, 0.3) is 0 Å². The van der Waals surface area contributed by atoms with Gasteiger partial charge in [-0.1, -0.05) is 26.2 Å². The summed E-state index contributed by atoms with van der Waals surface area (Å²) in [4.78, 5) is 2.64. The van der Waals surface area contributed by atoms with Crippen LogP contribution < -0.4 is 5.32 Å². The molecule has 0 amide bonds. The van der Waals surface area contributed by atoms with Gasteiger partial charge in [-0.25, -0.2) is 0 Å². The SMILES string of the molecule is CCCCCCN1CC(C)NCC1C. The lowest BCUT2D eigenvalue weighted by atomic mass is 10.1. The van der Waals surface area contributed by atoms with Crippen LogP contribution in [0.2, 0.25) is 0 Å². The normalized spacial score (nSPS) is 29.4. The monoisotopic (exact) mass is 198 g/mol. The molecule has 1 saturated heterocycles. The highest BCUT2D eigenvalue weighted by molar-refractivity contribution is 4.80. The number of hydrogen-bond donors (Lipinski definition) is 1. The smallest absolute Gasteiger partial charge is 0.0193 e. The molecule has 84 valence electrons. The molecule has 1 fully saturated rings. The molecule has 2 atom stereocenters. The second-order valence-corrected chi connectivity index (χ2v) is 4.71. The summed E-state index contributed by atoms with van der Waals surface area (Å²) in [6.45, 7) is 10.6. The average Bonchev–Trinajstić information content (AvgIpc) is 2.18. The number of unbranched alkanes of at least 4 members (excludes halogenated alkanes) is 3. The molecule has 2 nitrogen and oxygen atoms in total. The van der Waals surface area contributed by atoms with Gasteiger partial charge in [0.2, 0.25) is 0 Å². The van der Waals surface area contributed by atoms with E-state index in [0.717, 1.165) is 12.6 Å². The van der Waals surface area contributed by atoms with E-state index in [-0.39, 0.29) is 0 Å². The fraction of sp³-hybridized carbons (Fsp3) is 1.00. The van der Waals surface area contributed by atoms with E-state index in [0.29, 0.717) is 6.04 Å². The summed E-state index contributed by atoms with van der Waals surface area (Å²) in [6, 6.07) is 1.41. The molecule has 1 aliphatic heterocycles. The van der Waals surface area contributed by atoms with Crippen molar-refractivity contribution in [2.45, 2.75) is 58.5 Å². The Bertz CT molecular complexity index is 147. The minimum atomic E-state index is 0.678. The summed E-state index contributed by atoms with van der Waals surface area (Å²) in [5.74, 6) is 0. The van der Waals surface area contributed by atoms with Gasteiger partial charge in [0.15, 0.2) is 0 Å². The van der Waals surface area contributed by atoms with Crippen LogP contribution in [0.1, 0.15) is 46.5 Å². The molecule has 0 saturated carbocycles. The third-order valence-electron chi connectivity index (χ3n) is 3.19. The molecular weight excluding hydrogens is 172 g/mol. The van der Waals surface area contributed by atoms with E-state index in [9.17, 15) is 0 Å². The van der Waals surface area contributed by atoms with E-state index in [1.54, 1.807) is 0 Å². The van der Waals surface area contributed by atoms with Crippen LogP contribution in [0.5, 0.6) is 0 Å². The van der Waals surface area contributed by atoms with Crippen LogP contribution in [-0.2, 0) is 0 Å². The zero-order valence-electron chi connectivity index (χ0n) is 10.1. The number of nitrogens with one attached hydrogen (secondary N) is 1. The summed E-state index contributed by atoms with van der Waals surface area (Å²) >= 11 is 0. The molecule has 14 heavy (non-hydrogen) atoms. The molecule has 0 aromatic rings.